The summed E-state index contributed by atoms with van der Waals surface area (Å²) in [6, 6.07) is 6.47. The van der Waals surface area contributed by atoms with E-state index in [4.69, 9.17) is 4.42 Å². The summed E-state index contributed by atoms with van der Waals surface area (Å²) in [7, 11) is 0. The first-order chi connectivity index (χ1) is 10.2. The maximum absolute atomic E-state index is 11.9. The van der Waals surface area contributed by atoms with Crippen LogP contribution in [0.5, 0.6) is 0 Å². The number of aromatic nitrogens is 2. The van der Waals surface area contributed by atoms with E-state index in [1.54, 1.807) is 24.3 Å². The number of hydrogen-bond donors (Lipinski definition) is 2. The lowest BCUT2D eigenvalue weighted by molar-refractivity contribution is 0.0995. The van der Waals surface area contributed by atoms with E-state index in [-0.39, 0.29) is 17.6 Å². The highest BCUT2D eigenvalue weighted by atomic mass is 32.1. The lowest BCUT2D eigenvalue weighted by Gasteiger charge is -1.99. The number of rotatable bonds is 4. The summed E-state index contributed by atoms with van der Waals surface area (Å²) < 4.78 is 4.99. The van der Waals surface area contributed by atoms with Gasteiger partial charge in [-0.15, -0.1) is 21.5 Å². The molecule has 3 aromatic rings. The summed E-state index contributed by atoms with van der Waals surface area (Å²) in [6.07, 6.45) is 1.42. The molecule has 2 amide bonds. The number of hydrogen-bond acceptors (Lipinski definition) is 7. The van der Waals surface area contributed by atoms with Crippen LogP contribution in [0.4, 0.5) is 10.1 Å². The predicted octanol–water partition coefficient (Wildman–Crippen LogP) is 2.70. The normalized spacial score (nSPS) is 10.3. The van der Waals surface area contributed by atoms with Crippen molar-refractivity contribution in [3.8, 4) is 0 Å². The second-order valence-corrected chi connectivity index (χ2v) is 5.71. The summed E-state index contributed by atoms with van der Waals surface area (Å²) in [4.78, 5) is 24.2. The van der Waals surface area contributed by atoms with Gasteiger partial charge in [-0.1, -0.05) is 11.3 Å². The Morgan fingerprint density at radius 3 is 2.76 bits per heavy atom. The Labute approximate surface area is 126 Å². The standard InChI is InChI=1S/C12H8N4O3S2/c17-10(7-2-1-5-19-7)14-9-4-3-8(21-9)11(18)15-12-16-13-6-20-12/h1-6H,(H,14,17)(H,15,16,18). The molecule has 0 aromatic carbocycles. The molecule has 7 nitrogen and oxygen atoms in total. The number of nitrogens with zero attached hydrogens (tertiary/aromatic N) is 2. The van der Waals surface area contributed by atoms with Crippen molar-refractivity contribution in [2.45, 2.75) is 0 Å². The average molecular weight is 320 g/mol. The molecular weight excluding hydrogens is 312 g/mol. The molecule has 2 N–H and O–H groups in total. The number of furan rings is 1. The van der Waals surface area contributed by atoms with Crippen molar-refractivity contribution in [3.05, 3.63) is 46.7 Å². The van der Waals surface area contributed by atoms with Crippen molar-refractivity contribution < 1.29 is 14.0 Å². The van der Waals surface area contributed by atoms with Gasteiger partial charge in [0.05, 0.1) is 16.1 Å². The van der Waals surface area contributed by atoms with Gasteiger partial charge < -0.3 is 9.73 Å². The highest BCUT2D eigenvalue weighted by Crippen LogP contribution is 2.23. The van der Waals surface area contributed by atoms with Gasteiger partial charge in [-0.25, -0.2) is 0 Å². The molecule has 9 heteroatoms. The highest BCUT2D eigenvalue weighted by molar-refractivity contribution is 7.18. The van der Waals surface area contributed by atoms with E-state index in [0.717, 1.165) is 11.3 Å². The molecule has 0 saturated carbocycles. The maximum Gasteiger partial charge on any atom is 0.291 e. The van der Waals surface area contributed by atoms with Crippen molar-refractivity contribution in [3.63, 3.8) is 0 Å². The summed E-state index contributed by atoms with van der Waals surface area (Å²) in [5.41, 5.74) is 1.53. The number of anilines is 2. The minimum Gasteiger partial charge on any atom is -0.459 e. The molecule has 0 aliphatic carbocycles. The summed E-state index contributed by atoms with van der Waals surface area (Å²) in [6.45, 7) is 0. The van der Waals surface area contributed by atoms with Gasteiger partial charge in [-0.3, -0.25) is 14.9 Å². The largest absolute Gasteiger partial charge is 0.459 e. The Bertz CT molecular complexity index is 749. The summed E-state index contributed by atoms with van der Waals surface area (Å²) in [5, 5.41) is 13.6. The number of carbonyl (C=O) groups is 2. The Hall–Kier alpha value is -2.52. The monoisotopic (exact) mass is 320 g/mol. The van der Waals surface area contributed by atoms with Gasteiger partial charge >= 0.3 is 0 Å². The lowest BCUT2D eigenvalue weighted by atomic mass is 10.4. The molecule has 3 rings (SSSR count). The summed E-state index contributed by atoms with van der Waals surface area (Å²) in [5.74, 6) is -0.448. The first-order valence-electron chi connectivity index (χ1n) is 5.74. The molecule has 106 valence electrons. The molecule has 0 spiro atoms. The number of carbonyl (C=O) groups excluding carboxylic acids is 2. The molecule has 3 heterocycles. The van der Waals surface area contributed by atoms with Gasteiger partial charge in [0.1, 0.15) is 5.51 Å². The lowest BCUT2D eigenvalue weighted by Crippen LogP contribution is -2.10. The fraction of sp³-hybridized carbons (Fsp3) is 0. The van der Waals surface area contributed by atoms with Crippen LogP contribution >= 0.6 is 22.7 Å². The molecule has 0 radical (unpaired) electrons. The van der Waals surface area contributed by atoms with Crippen molar-refractivity contribution in [2.75, 3.05) is 10.6 Å². The Morgan fingerprint density at radius 2 is 2.05 bits per heavy atom. The van der Waals surface area contributed by atoms with Gasteiger partial charge in [0.15, 0.2) is 5.76 Å². The van der Waals surface area contributed by atoms with Crippen LogP contribution in [0.15, 0.2) is 40.5 Å². The van der Waals surface area contributed by atoms with Gasteiger partial charge in [0.25, 0.3) is 11.8 Å². The topological polar surface area (TPSA) is 97.1 Å². The fourth-order valence-electron chi connectivity index (χ4n) is 1.49. The van der Waals surface area contributed by atoms with Crippen LogP contribution in [-0.4, -0.2) is 22.0 Å². The van der Waals surface area contributed by atoms with Crippen molar-refractivity contribution in [2.24, 2.45) is 0 Å². The van der Waals surface area contributed by atoms with Crippen LogP contribution in [-0.2, 0) is 0 Å². The van der Waals surface area contributed by atoms with Crippen LogP contribution in [0.2, 0.25) is 0 Å². The van der Waals surface area contributed by atoms with Gasteiger partial charge in [0, 0.05) is 0 Å². The quantitative estimate of drug-likeness (QED) is 0.770. The van der Waals surface area contributed by atoms with E-state index in [1.807, 2.05) is 0 Å². The van der Waals surface area contributed by atoms with E-state index >= 15 is 0 Å². The van der Waals surface area contributed by atoms with E-state index in [9.17, 15) is 9.59 Å². The first-order valence-corrected chi connectivity index (χ1v) is 7.44. The third-order valence-electron chi connectivity index (χ3n) is 2.39. The van der Waals surface area contributed by atoms with E-state index < -0.39 is 0 Å². The molecule has 0 saturated heterocycles. The molecule has 0 aliphatic heterocycles. The van der Waals surface area contributed by atoms with Crippen molar-refractivity contribution in [1.82, 2.24) is 10.2 Å². The average Bonchev–Trinajstić information content (AvgIpc) is 3.21. The zero-order valence-electron chi connectivity index (χ0n) is 10.4. The molecule has 0 unspecified atom stereocenters. The van der Waals surface area contributed by atoms with Crippen LogP contribution in [0, 0.1) is 0 Å². The second-order valence-electron chi connectivity index (χ2n) is 3.79. The van der Waals surface area contributed by atoms with Gasteiger partial charge in [-0.05, 0) is 24.3 Å². The molecule has 0 atom stereocenters. The molecule has 0 fully saturated rings. The highest BCUT2D eigenvalue weighted by Gasteiger charge is 2.14. The number of thiophene rings is 1. The number of nitrogens with one attached hydrogen (secondary N) is 2. The third-order valence-corrected chi connectivity index (χ3v) is 4.00. The van der Waals surface area contributed by atoms with E-state index in [0.29, 0.717) is 15.0 Å². The third kappa shape index (κ3) is 3.15. The predicted molar refractivity (Wildman–Crippen MR) is 78.8 cm³/mol. The van der Waals surface area contributed by atoms with Crippen LogP contribution in [0.3, 0.4) is 0 Å². The minimum absolute atomic E-state index is 0.211. The SMILES string of the molecule is O=C(Nc1ccc(C(=O)Nc2nncs2)s1)c1ccco1. The Balaban J connectivity index is 1.66. The maximum atomic E-state index is 11.9. The molecule has 0 bridgehead atoms. The van der Waals surface area contributed by atoms with Crippen LogP contribution < -0.4 is 10.6 Å². The molecule has 0 aliphatic rings. The summed E-state index contributed by atoms with van der Waals surface area (Å²) >= 11 is 2.39. The van der Waals surface area contributed by atoms with Crippen LogP contribution in [0.1, 0.15) is 20.2 Å². The van der Waals surface area contributed by atoms with E-state index in [2.05, 4.69) is 20.8 Å². The molecule has 21 heavy (non-hydrogen) atoms. The van der Waals surface area contributed by atoms with E-state index in [1.165, 1.54) is 23.1 Å². The molecular formula is C12H8N4O3S2. The Morgan fingerprint density at radius 1 is 1.14 bits per heavy atom. The zero-order valence-corrected chi connectivity index (χ0v) is 12.0. The van der Waals surface area contributed by atoms with Gasteiger partial charge in [-0.2, -0.15) is 0 Å². The fourth-order valence-corrected chi connectivity index (χ4v) is 2.73. The van der Waals surface area contributed by atoms with Gasteiger partial charge in [0.2, 0.25) is 5.13 Å². The van der Waals surface area contributed by atoms with Crippen molar-refractivity contribution in [1.29, 1.82) is 0 Å². The number of amides is 2. The smallest absolute Gasteiger partial charge is 0.291 e. The zero-order chi connectivity index (χ0) is 14.7. The molecule has 3 aromatic heterocycles. The minimum atomic E-state index is -0.363. The van der Waals surface area contributed by atoms with Crippen LogP contribution in [0.25, 0.3) is 0 Å². The van der Waals surface area contributed by atoms with Crippen molar-refractivity contribution >= 4 is 44.6 Å². The Kier molecular flexibility index (Phi) is 3.75. The first kappa shape index (κ1) is 13.5. The second kappa shape index (κ2) is 5.85.